The Kier molecular flexibility index (Phi) is 6.42. The van der Waals surface area contributed by atoms with Gasteiger partial charge in [0.2, 0.25) is 5.79 Å². The lowest BCUT2D eigenvalue weighted by Crippen LogP contribution is -2.35. The number of anilines is 1. The molecule has 0 fully saturated rings. The summed E-state index contributed by atoms with van der Waals surface area (Å²) in [5.74, 6) is 0.164. The number of hydrogen-bond donors (Lipinski definition) is 4. The standard InChI is InChI=1S/C22H29N3O4/c1-14(9-15-5-4-6-18(10-15)25-21(23)27)24-12-19(26)16-7-8-20-17(11-16)13-28-22(2,3)29-20/h4-8,10-11,14,19,24,26H,9,12-13H2,1-3H3,(H3,23,25,27)/t14-,19+/m1/s1. The molecule has 2 aromatic carbocycles. The summed E-state index contributed by atoms with van der Waals surface area (Å²) in [6, 6.07) is 12.8. The average Bonchev–Trinajstić information content (AvgIpc) is 2.65. The number of hydrogen-bond acceptors (Lipinski definition) is 5. The summed E-state index contributed by atoms with van der Waals surface area (Å²) in [5, 5.41) is 16.5. The molecule has 0 spiro atoms. The van der Waals surface area contributed by atoms with Gasteiger partial charge in [-0.1, -0.05) is 18.2 Å². The molecule has 0 bridgehead atoms. The molecular weight excluding hydrogens is 370 g/mol. The van der Waals surface area contributed by atoms with Gasteiger partial charge in [-0.15, -0.1) is 0 Å². The van der Waals surface area contributed by atoms with Gasteiger partial charge in [-0.05, 0) is 48.7 Å². The van der Waals surface area contributed by atoms with Crippen molar-refractivity contribution >= 4 is 11.7 Å². The second-order valence-electron chi connectivity index (χ2n) is 7.88. The molecule has 1 aliphatic heterocycles. The van der Waals surface area contributed by atoms with Crippen molar-refractivity contribution in [3.63, 3.8) is 0 Å². The van der Waals surface area contributed by atoms with Crippen molar-refractivity contribution in [1.82, 2.24) is 5.32 Å². The van der Waals surface area contributed by atoms with Crippen LogP contribution in [0.15, 0.2) is 42.5 Å². The fourth-order valence-electron chi connectivity index (χ4n) is 3.34. The summed E-state index contributed by atoms with van der Waals surface area (Å²) in [5.41, 5.74) is 8.66. The van der Waals surface area contributed by atoms with Crippen LogP contribution in [0.1, 0.15) is 43.6 Å². The summed E-state index contributed by atoms with van der Waals surface area (Å²) in [6.07, 6.45) is 0.114. The van der Waals surface area contributed by atoms with E-state index >= 15 is 0 Å². The van der Waals surface area contributed by atoms with E-state index in [-0.39, 0.29) is 6.04 Å². The third-order valence-corrected chi connectivity index (χ3v) is 4.80. The number of carbonyl (C=O) groups excluding carboxylic acids is 1. The summed E-state index contributed by atoms with van der Waals surface area (Å²) in [4.78, 5) is 11.0. The molecule has 0 saturated carbocycles. The van der Waals surface area contributed by atoms with Gasteiger partial charge in [0.25, 0.3) is 0 Å². The van der Waals surface area contributed by atoms with E-state index in [1.54, 1.807) is 6.07 Å². The molecule has 29 heavy (non-hydrogen) atoms. The predicted molar refractivity (Wildman–Crippen MR) is 112 cm³/mol. The number of fused-ring (bicyclic) bond motifs is 1. The molecule has 0 unspecified atom stereocenters. The Labute approximate surface area is 171 Å². The van der Waals surface area contributed by atoms with E-state index in [4.69, 9.17) is 15.2 Å². The number of nitrogens with two attached hydrogens (primary N) is 1. The highest BCUT2D eigenvalue weighted by Crippen LogP contribution is 2.32. The Morgan fingerprint density at radius 3 is 2.83 bits per heavy atom. The second kappa shape index (κ2) is 8.82. The maximum Gasteiger partial charge on any atom is 0.316 e. The SMILES string of the molecule is C[C@H](Cc1cccc(NC(N)=O)c1)NC[C@H](O)c1ccc2c(c1)COC(C)(C)O2. The van der Waals surface area contributed by atoms with Gasteiger partial charge in [-0.25, -0.2) is 4.79 Å². The number of primary amides is 1. The topological polar surface area (TPSA) is 106 Å². The fraction of sp³-hybridized carbons (Fsp3) is 0.409. The van der Waals surface area contributed by atoms with Crippen molar-refractivity contribution in [3.8, 4) is 5.75 Å². The zero-order valence-corrected chi connectivity index (χ0v) is 17.1. The van der Waals surface area contributed by atoms with Crippen molar-refractivity contribution in [2.45, 2.75) is 51.7 Å². The summed E-state index contributed by atoms with van der Waals surface area (Å²) >= 11 is 0. The predicted octanol–water partition coefficient (Wildman–Crippen LogP) is 3.08. The van der Waals surface area contributed by atoms with E-state index in [2.05, 4.69) is 17.6 Å². The molecule has 0 aromatic heterocycles. The molecule has 1 aliphatic rings. The smallest absolute Gasteiger partial charge is 0.316 e. The van der Waals surface area contributed by atoms with Crippen molar-refractivity contribution < 1.29 is 19.4 Å². The van der Waals surface area contributed by atoms with Gasteiger partial charge in [0.15, 0.2) is 0 Å². The normalized spacial score (nSPS) is 17.0. The molecule has 1 heterocycles. The number of amides is 2. The first-order valence-corrected chi connectivity index (χ1v) is 9.74. The van der Waals surface area contributed by atoms with Gasteiger partial charge < -0.3 is 30.9 Å². The summed E-state index contributed by atoms with van der Waals surface area (Å²) in [6.45, 7) is 6.69. The van der Waals surface area contributed by atoms with Crippen molar-refractivity contribution in [2.24, 2.45) is 5.73 Å². The van der Waals surface area contributed by atoms with E-state index in [0.29, 0.717) is 18.8 Å². The second-order valence-corrected chi connectivity index (χ2v) is 7.88. The van der Waals surface area contributed by atoms with Crippen LogP contribution in [0.3, 0.4) is 0 Å². The Bertz CT molecular complexity index is 869. The van der Waals surface area contributed by atoms with Crippen LogP contribution in [0.2, 0.25) is 0 Å². The monoisotopic (exact) mass is 399 g/mol. The maximum absolute atomic E-state index is 11.0. The zero-order valence-electron chi connectivity index (χ0n) is 17.1. The minimum absolute atomic E-state index is 0.138. The summed E-state index contributed by atoms with van der Waals surface area (Å²) in [7, 11) is 0. The summed E-state index contributed by atoms with van der Waals surface area (Å²) < 4.78 is 11.5. The van der Waals surface area contributed by atoms with Crippen LogP contribution in [0, 0.1) is 0 Å². The van der Waals surface area contributed by atoms with Crippen molar-refractivity contribution in [2.75, 3.05) is 11.9 Å². The highest BCUT2D eigenvalue weighted by Gasteiger charge is 2.27. The molecule has 2 aromatic rings. The zero-order chi connectivity index (χ0) is 21.0. The van der Waals surface area contributed by atoms with Gasteiger partial charge in [0, 0.05) is 37.7 Å². The van der Waals surface area contributed by atoms with Gasteiger partial charge in [-0.3, -0.25) is 0 Å². The van der Waals surface area contributed by atoms with E-state index < -0.39 is 17.9 Å². The molecular formula is C22H29N3O4. The maximum atomic E-state index is 11.0. The highest BCUT2D eigenvalue weighted by atomic mass is 16.7. The van der Waals surface area contributed by atoms with Crippen LogP contribution in [-0.2, 0) is 17.8 Å². The number of urea groups is 1. The number of nitrogens with one attached hydrogen (secondary N) is 2. The number of benzene rings is 2. The third-order valence-electron chi connectivity index (χ3n) is 4.80. The van der Waals surface area contributed by atoms with Gasteiger partial charge in [0.05, 0.1) is 12.7 Å². The van der Waals surface area contributed by atoms with E-state index in [1.165, 1.54) is 0 Å². The molecule has 7 heteroatoms. The van der Waals surface area contributed by atoms with Gasteiger partial charge in [-0.2, -0.15) is 0 Å². The molecule has 0 aliphatic carbocycles. The Balaban J connectivity index is 1.54. The molecule has 3 rings (SSSR count). The first-order valence-electron chi connectivity index (χ1n) is 9.74. The molecule has 0 radical (unpaired) electrons. The largest absolute Gasteiger partial charge is 0.463 e. The lowest BCUT2D eigenvalue weighted by molar-refractivity contribution is -0.180. The lowest BCUT2D eigenvalue weighted by atomic mass is 10.0. The van der Waals surface area contributed by atoms with Crippen molar-refractivity contribution in [3.05, 3.63) is 59.2 Å². The Hall–Kier alpha value is -2.61. The number of rotatable bonds is 7. The number of carbonyl (C=O) groups is 1. The first-order chi connectivity index (χ1) is 13.7. The number of aliphatic hydroxyl groups excluding tert-OH is 1. The Morgan fingerprint density at radius 2 is 2.07 bits per heavy atom. The minimum Gasteiger partial charge on any atom is -0.463 e. The van der Waals surface area contributed by atoms with Crippen LogP contribution in [0.25, 0.3) is 0 Å². The van der Waals surface area contributed by atoms with Gasteiger partial charge in [0.1, 0.15) is 5.75 Å². The molecule has 156 valence electrons. The number of aliphatic hydroxyl groups is 1. The average molecular weight is 399 g/mol. The van der Waals surface area contributed by atoms with Crippen LogP contribution in [0.5, 0.6) is 5.75 Å². The quantitative estimate of drug-likeness (QED) is 0.573. The molecule has 0 saturated heterocycles. The van der Waals surface area contributed by atoms with Crippen LogP contribution in [-0.4, -0.2) is 29.5 Å². The highest BCUT2D eigenvalue weighted by molar-refractivity contribution is 5.87. The van der Waals surface area contributed by atoms with Gasteiger partial charge >= 0.3 is 6.03 Å². The van der Waals surface area contributed by atoms with Crippen LogP contribution in [0.4, 0.5) is 10.5 Å². The minimum atomic E-state index is -0.638. The van der Waals surface area contributed by atoms with E-state index in [1.807, 2.05) is 50.2 Å². The van der Waals surface area contributed by atoms with Crippen molar-refractivity contribution in [1.29, 1.82) is 0 Å². The van der Waals surface area contributed by atoms with E-state index in [9.17, 15) is 9.90 Å². The van der Waals surface area contributed by atoms with Crippen LogP contribution < -0.4 is 21.1 Å². The lowest BCUT2D eigenvalue weighted by Gasteiger charge is -2.33. The third kappa shape index (κ3) is 5.93. The van der Waals surface area contributed by atoms with Crippen LogP contribution >= 0.6 is 0 Å². The molecule has 2 amide bonds. The molecule has 5 N–H and O–H groups in total. The Morgan fingerprint density at radius 1 is 1.28 bits per heavy atom. The molecule has 7 nitrogen and oxygen atoms in total. The van der Waals surface area contributed by atoms with E-state index in [0.717, 1.165) is 28.9 Å². The molecule has 2 atom stereocenters. The first kappa shape index (κ1) is 21.1. The fourth-order valence-corrected chi connectivity index (χ4v) is 3.34. The number of ether oxygens (including phenoxy) is 2.